The zero-order valence-electron chi connectivity index (χ0n) is 8.50. The van der Waals surface area contributed by atoms with E-state index in [0.717, 1.165) is 23.9 Å². The summed E-state index contributed by atoms with van der Waals surface area (Å²) in [6.07, 6.45) is 2.52. The van der Waals surface area contributed by atoms with E-state index in [1.165, 1.54) is 18.4 Å². The van der Waals surface area contributed by atoms with Crippen LogP contribution >= 0.6 is 11.6 Å². The lowest BCUT2D eigenvalue weighted by atomic mass is 9.85. The third kappa shape index (κ3) is 1.62. The highest BCUT2D eigenvalue weighted by Crippen LogP contribution is 2.40. The van der Waals surface area contributed by atoms with Crippen molar-refractivity contribution in [2.24, 2.45) is 5.92 Å². The van der Waals surface area contributed by atoms with Crippen LogP contribution in [-0.4, -0.2) is 13.2 Å². The molecule has 1 N–H and O–H groups in total. The number of halogens is 1. The van der Waals surface area contributed by atoms with Crippen LogP contribution < -0.4 is 10.1 Å². The molecule has 1 aromatic carbocycles. The largest absolute Gasteiger partial charge is 0.493 e. The van der Waals surface area contributed by atoms with Crippen LogP contribution in [-0.2, 0) is 0 Å². The Morgan fingerprint density at radius 3 is 3.27 bits per heavy atom. The van der Waals surface area contributed by atoms with E-state index in [9.17, 15) is 0 Å². The smallest absolute Gasteiger partial charge is 0.125 e. The topological polar surface area (TPSA) is 21.3 Å². The van der Waals surface area contributed by atoms with E-state index in [-0.39, 0.29) is 0 Å². The van der Waals surface area contributed by atoms with Gasteiger partial charge in [0.1, 0.15) is 5.75 Å². The van der Waals surface area contributed by atoms with Crippen molar-refractivity contribution in [3.8, 4) is 5.75 Å². The minimum Gasteiger partial charge on any atom is -0.493 e. The van der Waals surface area contributed by atoms with Gasteiger partial charge in [-0.3, -0.25) is 0 Å². The van der Waals surface area contributed by atoms with Crippen LogP contribution in [0.5, 0.6) is 5.75 Å². The summed E-state index contributed by atoms with van der Waals surface area (Å²) in [6.45, 7) is 1.94. The number of hydrogen-bond acceptors (Lipinski definition) is 2. The fraction of sp³-hybridized carbons (Fsp3) is 0.500. The summed E-state index contributed by atoms with van der Waals surface area (Å²) >= 11 is 5.95. The molecule has 0 amide bonds. The number of ether oxygens (including phenoxy) is 1. The van der Waals surface area contributed by atoms with Gasteiger partial charge in [0, 0.05) is 22.5 Å². The molecule has 80 valence electrons. The van der Waals surface area contributed by atoms with E-state index in [4.69, 9.17) is 16.3 Å². The first-order valence-corrected chi connectivity index (χ1v) is 5.88. The van der Waals surface area contributed by atoms with Crippen LogP contribution in [0.15, 0.2) is 18.2 Å². The van der Waals surface area contributed by atoms with Crippen molar-refractivity contribution in [2.75, 3.05) is 13.2 Å². The summed E-state index contributed by atoms with van der Waals surface area (Å²) in [7, 11) is 0. The van der Waals surface area contributed by atoms with E-state index < -0.39 is 0 Å². The molecule has 15 heavy (non-hydrogen) atoms. The number of fused-ring (bicyclic) bond motifs is 3. The third-order valence-electron chi connectivity index (χ3n) is 3.35. The highest BCUT2D eigenvalue weighted by atomic mass is 35.5. The van der Waals surface area contributed by atoms with Crippen molar-refractivity contribution in [3.05, 3.63) is 28.8 Å². The zero-order chi connectivity index (χ0) is 10.3. The minimum absolute atomic E-state index is 0.472. The average Bonchev–Trinajstić information content (AvgIpc) is 2.28. The van der Waals surface area contributed by atoms with Crippen LogP contribution in [0.2, 0.25) is 5.02 Å². The molecule has 3 rings (SSSR count). The molecule has 1 aromatic rings. The lowest BCUT2D eigenvalue weighted by Crippen LogP contribution is -2.39. The molecule has 2 heterocycles. The lowest BCUT2D eigenvalue weighted by molar-refractivity contribution is 0.147. The summed E-state index contributed by atoms with van der Waals surface area (Å²) in [5.41, 5.74) is 1.27. The normalized spacial score (nSPS) is 28.9. The molecule has 0 spiro atoms. The number of benzene rings is 1. The molecule has 2 atom stereocenters. The standard InChI is InChI=1S/C12H14ClNO/c13-9-3-4-10-11(6-9)15-7-8-2-1-5-14-12(8)10/h3-4,6,8,12,14H,1-2,5,7H2. The Labute approximate surface area is 94.6 Å². The first-order chi connectivity index (χ1) is 7.34. The predicted molar refractivity (Wildman–Crippen MR) is 60.4 cm³/mol. The fourth-order valence-electron chi connectivity index (χ4n) is 2.59. The first kappa shape index (κ1) is 9.49. The van der Waals surface area contributed by atoms with Crippen molar-refractivity contribution < 1.29 is 4.74 Å². The van der Waals surface area contributed by atoms with Crippen molar-refractivity contribution in [3.63, 3.8) is 0 Å². The van der Waals surface area contributed by atoms with Gasteiger partial charge in [-0.25, -0.2) is 0 Å². The molecule has 0 saturated carbocycles. The van der Waals surface area contributed by atoms with Crippen LogP contribution in [0.25, 0.3) is 0 Å². The molecule has 1 fully saturated rings. The van der Waals surface area contributed by atoms with Crippen LogP contribution in [0.1, 0.15) is 24.4 Å². The quantitative estimate of drug-likeness (QED) is 0.730. The van der Waals surface area contributed by atoms with Crippen LogP contribution in [0.3, 0.4) is 0 Å². The van der Waals surface area contributed by atoms with E-state index in [0.29, 0.717) is 12.0 Å². The molecular formula is C12H14ClNO. The summed E-state index contributed by atoms with van der Waals surface area (Å²) in [6, 6.07) is 6.43. The van der Waals surface area contributed by atoms with Gasteiger partial charge >= 0.3 is 0 Å². The van der Waals surface area contributed by atoms with Gasteiger partial charge in [-0.15, -0.1) is 0 Å². The lowest BCUT2D eigenvalue weighted by Gasteiger charge is -2.37. The summed E-state index contributed by atoms with van der Waals surface area (Å²) in [4.78, 5) is 0. The van der Waals surface area contributed by atoms with Crippen molar-refractivity contribution in [2.45, 2.75) is 18.9 Å². The number of rotatable bonds is 0. The Morgan fingerprint density at radius 2 is 2.33 bits per heavy atom. The number of piperidine rings is 1. The molecule has 0 bridgehead atoms. The molecular weight excluding hydrogens is 210 g/mol. The second-order valence-corrected chi connectivity index (χ2v) is 4.76. The Balaban J connectivity index is 1.99. The van der Waals surface area contributed by atoms with Gasteiger partial charge < -0.3 is 10.1 Å². The Bertz CT molecular complexity index is 380. The molecule has 2 aliphatic heterocycles. The van der Waals surface area contributed by atoms with E-state index >= 15 is 0 Å². The van der Waals surface area contributed by atoms with Crippen molar-refractivity contribution >= 4 is 11.6 Å². The SMILES string of the molecule is Clc1ccc2c(c1)OCC1CCCNC21. The monoisotopic (exact) mass is 223 g/mol. The Hall–Kier alpha value is -0.730. The van der Waals surface area contributed by atoms with Crippen molar-refractivity contribution in [1.29, 1.82) is 0 Å². The van der Waals surface area contributed by atoms with Gasteiger partial charge in [0.05, 0.1) is 6.61 Å². The molecule has 0 aromatic heterocycles. The van der Waals surface area contributed by atoms with Gasteiger partial charge in [-0.2, -0.15) is 0 Å². The van der Waals surface area contributed by atoms with E-state index in [1.54, 1.807) is 0 Å². The Kier molecular flexibility index (Phi) is 2.33. The Morgan fingerprint density at radius 1 is 1.40 bits per heavy atom. The maximum absolute atomic E-state index is 5.95. The van der Waals surface area contributed by atoms with Gasteiger partial charge in [0.25, 0.3) is 0 Å². The molecule has 1 saturated heterocycles. The van der Waals surface area contributed by atoms with E-state index in [2.05, 4.69) is 11.4 Å². The molecule has 0 radical (unpaired) electrons. The third-order valence-corrected chi connectivity index (χ3v) is 3.59. The van der Waals surface area contributed by atoms with E-state index in [1.807, 2.05) is 12.1 Å². The van der Waals surface area contributed by atoms with Gasteiger partial charge in [0.2, 0.25) is 0 Å². The minimum atomic E-state index is 0.472. The summed E-state index contributed by atoms with van der Waals surface area (Å²) in [5, 5.41) is 4.33. The average molecular weight is 224 g/mol. The number of hydrogen-bond donors (Lipinski definition) is 1. The number of nitrogens with one attached hydrogen (secondary N) is 1. The molecule has 2 unspecified atom stereocenters. The fourth-order valence-corrected chi connectivity index (χ4v) is 2.75. The summed E-state index contributed by atoms with van der Waals surface area (Å²) < 4.78 is 5.75. The van der Waals surface area contributed by atoms with Crippen LogP contribution in [0.4, 0.5) is 0 Å². The predicted octanol–water partition coefficient (Wildman–Crippen LogP) is 2.77. The molecule has 2 aliphatic rings. The molecule has 2 nitrogen and oxygen atoms in total. The van der Waals surface area contributed by atoms with Gasteiger partial charge in [-0.1, -0.05) is 17.7 Å². The maximum Gasteiger partial charge on any atom is 0.125 e. The van der Waals surface area contributed by atoms with Crippen molar-refractivity contribution in [1.82, 2.24) is 5.32 Å². The molecule has 0 aliphatic carbocycles. The zero-order valence-corrected chi connectivity index (χ0v) is 9.26. The second kappa shape index (κ2) is 3.69. The van der Waals surface area contributed by atoms with Gasteiger partial charge in [0.15, 0.2) is 0 Å². The maximum atomic E-state index is 5.95. The highest BCUT2D eigenvalue weighted by molar-refractivity contribution is 6.30. The summed E-state index contributed by atoms with van der Waals surface area (Å²) in [5.74, 6) is 1.59. The molecule has 3 heteroatoms. The second-order valence-electron chi connectivity index (χ2n) is 4.33. The highest BCUT2D eigenvalue weighted by Gasteiger charge is 2.32. The first-order valence-electron chi connectivity index (χ1n) is 5.50. The van der Waals surface area contributed by atoms with Crippen LogP contribution in [0, 0.1) is 5.92 Å². The van der Waals surface area contributed by atoms with Gasteiger partial charge in [-0.05, 0) is 31.5 Å².